The molecule has 0 aromatic rings. The van der Waals surface area contributed by atoms with Crippen molar-refractivity contribution in [2.24, 2.45) is 0 Å². The van der Waals surface area contributed by atoms with Crippen LogP contribution in [0.2, 0.25) is 0 Å². The Balaban J connectivity index is 4.26. The Morgan fingerprint density at radius 2 is 0.468 bits per heavy atom. The third kappa shape index (κ3) is 64.3. The summed E-state index contributed by atoms with van der Waals surface area (Å²) in [6.07, 6.45) is 81.7. The Bertz CT molecular complexity index is 1290. The van der Waals surface area contributed by atoms with Gasteiger partial charge in [0.2, 0.25) is 0 Å². The van der Waals surface area contributed by atoms with Crippen LogP contribution in [0.3, 0.4) is 0 Å². The van der Waals surface area contributed by atoms with E-state index >= 15 is 0 Å². The molecule has 0 aromatic carbocycles. The van der Waals surface area contributed by atoms with E-state index in [0.29, 0.717) is 19.3 Å². The second kappa shape index (κ2) is 66.1. The van der Waals surface area contributed by atoms with Crippen LogP contribution >= 0.6 is 0 Å². The van der Waals surface area contributed by atoms with E-state index < -0.39 is 6.10 Å². The Labute approximate surface area is 480 Å². The molecule has 0 aliphatic rings. The number of carbonyl (C=O) groups is 3. The van der Waals surface area contributed by atoms with Gasteiger partial charge in [-0.05, 0) is 77.0 Å². The van der Waals surface area contributed by atoms with Gasteiger partial charge in [-0.3, -0.25) is 14.4 Å². The van der Waals surface area contributed by atoms with E-state index in [1.54, 1.807) is 0 Å². The molecule has 0 spiro atoms. The lowest BCUT2D eigenvalue weighted by atomic mass is 10.0. The maximum Gasteiger partial charge on any atom is 0.306 e. The summed E-state index contributed by atoms with van der Waals surface area (Å²) in [7, 11) is 0. The number of hydrogen-bond acceptors (Lipinski definition) is 6. The minimum atomic E-state index is -0.779. The van der Waals surface area contributed by atoms with Gasteiger partial charge < -0.3 is 14.2 Å². The Hall–Kier alpha value is -2.37. The lowest BCUT2D eigenvalue weighted by molar-refractivity contribution is -0.167. The maximum absolute atomic E-state index is 12.9. The number of allylic oxidation sites excluding steroid dienone is 6. The molecule has 6 heteroatoms. The van der Waals surface area contributed by atoms with Gasteiger partial charge in [0.25, 0.3) is 0 Å². The number of hydrogen-bond donors (Lipinski definition) is 0. The molecule has 0 aliphatic carbocycles. The summed E-state index contributed by atoms with van der Waals surface area (Å²) in [6.45, 7) is 6.67. The highest BCUT2D eigenvalue weighted by atomic mass is 16.6. The molecule has 77 heavy (non-hydrogen) atoms. The summed E-state index contributed by atoms with van der Waals surface area (Å²) in [5.41, 5.74) is 0. The lowest BCUT2D eigenvalue weighted by Gasteiger charge is -2.18. The van der Waals surface area contributed by atoms with Gasteiger partial charge >= 0.3 is 17.9 Å². The van der Waals surface area contributed by atoms with Crippen LogP contribution in [0.5, 0.6) is 0 Å². The van der Waals surface area contributed by atoms with Crippen LogP contribution < -0.4 is 0 Å². The summed E-state index contributed by atoms with van der Waals surface area (Å²) in [5.74, 6) is -0.866. The van der Waals surface area contributed by atoms with E-state index in [-0.39, 0.29) is 31.1 Å². The molecule has 0 heterocycles. The summed E-state index contributed by atoms with van der Waals surface area (Å²) in [5, 5.41) is 0. The zero-order valence-electron chi connectivity index (χ0n) is 52.0. The molecule has 0 rings (SSSR count). The topological polar surface area (TPSA) is 78.9 Å². The van der Waals surface area contributed by atoms with Crippen molar-refractivity contribution in [2.75, 3.05) is 13.2 Å². The summed E-state index contributed by atoms with van der Waals surface area (Å²) < 4.78 is 17.0. The van der Waals surface area contributed by atoms with Gasteiger partial charge in [-0.1, -0.05) is 320 Å². The monoisotopic (exact) mass is 1080 g/mol. The van der Waals surface area contributed by atoms with Crippen LogP contribution in [0.25, 0.3) is 0 Å². The van der Waals surface area contributed by atoms with Crippen molar-refractivity contribution in [2.45, 2.75) is 386 Å². The normalized spacial score (nSPS) is 12.2. The SMILES string of the molecule is CCCCCC/C=C\C/C=C\CCCCCCCC(=O)OCC(COC(=O)CCCCCCCCCCCCCCCCCCCCCCCCCCCC)OC(=O)CCCCCCCCC/C=C\CCCCCCCC. The van der Waals surface area contributed by atoms with E-state index in [4.69, 9.17) is 14.2 Å². The van der Waals surface area contributed by atoms with Gasteiger partial charge in [0.1, 0.15) is 13.2 Å². The lowest BCUT2D eigenvalue weighted by Crippen LogP contribution is -2.30. The molecule has 1 unspecified atom stereocenters. The fraction of sp³-hybridized carbons (Fsp3) is 0.873. The van der Waals surface area contributed by atoms with Crippen molar-refractivity contribution in [3.63, 3.8) is 0 Å². The maximum atomic E-state index is 12.9. The molecule has 0 radical (unpaired) electrons. The average molecular weight is 1080 g/mol. The second-order valence-corrected chi connectivity index (χ2v) is 23.4. The highest BCUT2D eigenvalue weighted by Gasteiger charge is 2.19. The third-order valence-electron chi connectivity index (χ3n) is 15.6. The van der Waals surface area contributed by atoms with Crippen molar-refractivity contribution in [1.29, 1.82) is 0 Å². The average Bonchev–Trinajstić information content (AvgIpc) is 3.43. The Morgan fingerprint density at radius 3 is 0.740 bits per heavy atom. The van der Waals surface area contributed by atoms with Crippen molar-refractivity contribution < 1.29 is 28.6 Å². The van der Waals surface area contributed by atoms with E-state index in [1.165, 1.54) is 263 Å². The molecule has 0 fully saturated rings. The number of carbonyl (C=O) groups excluding carboxylic acids is 3. The third-order valence-corrected chi connectivity index (χ3v) is 15.6. The van der Waals surface area contributed by atoms with Crippen molar-refractivity contribution >= 4 is 17.9 Å². The van der Waals surface area contributed by atoms with Crippen molar-refractivity contribution in [3.8, 4) is 0 Å². The summed E-state index contributed by atoms with van der Waals surface area (Å²) in [6, 6.07) is 0. The number of unbranched alkanes of at least 4 members (excludes halogenated alkanes) is 47. The molecule has 0 aromatic heterocycles. The molecule has 0 saturated carbocycles. The number of rotatable bonds is 64. The molecule has 452 valence electrons. The Kier molecular flexibility index (Phi) is 64.1. The summed E-state index contributed by atoms with van der Waals surface area (Å²) >= 11 is 0. The standard InChI is InChI=1S/C71H132O6/c1-4-7-10-13-16-19-22-25-28-31-32-33-34-35-36-37-38-39-41-43-46-49-52-55-58-61-64-70(73)76-67-68(66-75-69(72)63-60-57-54-51-48-45-42-30-27-24-21-18-15-12-9-6-3)77-71(74)65-62-59-56-53-50-47-44-40-29-26-23-20-17-14-11-8-5-2/h21,24,26,29-30,42,68H,4-20,22-23,25,27-28,31-41,43-67H2,1-3H3/b24-21-,29-26-,42-30-. The highest BCUT2D eigenvalue weighted by molar-refractivity contribution is 5.71. The predicted molar refractivity (Wildman–Crippen MR) is 335 cm³/mol. The molecular formula is C71H132O6. The van der Waals surface area contributed by atoms with Gasteiger partial charge in [0.05, 0.1) is 0 Å². The largest absolute Gasteiger partial charge is 0.462 e. The van der Waals surface area contributed by atoms with Gasteiger partial charge in [0, 0.05) is 19.3 Å². The molecule has 0 N–H and O–H groups in total. The van der Waals surface area contributed by atoms with Crippen molar-refractivity contribution in [1.82, 2.24) is 0 Å². The molecule has 0 aliphatic heterocycles. The molecule has 0 amide bonds. The molecule has 6 nitrogen and oxygen atoms in total. The predicted octanol–water partition coefficient (Wildman–Crippen LogP) is 23.6. The van der Waals surface area contributed by atoms with Crippen LogP contribution in [0.1, 0.15) is 380 Å². The van der Waals surface area contributed by atoms with E-state index in [2.05, 4.69) is 57.2 Å². The smallest absolute Gasteiger partial charge is 0.306 e. The van der Waals surface area contributed by atoms with Crippen LogP contribution in [-0.2, 0) is 28.6 Å². The van der Waals surface area contributed by atoms with Gasteiger partial charge in [-0.15, -0.1) is 0 Å². The van der Waals surface area contributed by atoms with Gasteiger partial charge in [-0.25, -0.2) is 0 Å². The molecule has 0 saturated heterocycles. The second-order valence-electron chi connectivity index (χ2n) is 23.4. The van der Waals surface area contributed by atoms with E-state index in [9.17, 15) is 14.4 Å². The van der Waals surface area contributed by atoms with Crippen LogP contribution in [-0.4, -0.2) is 37.2 Å². The van der Waals surface area contributed by atoms with Gasteiger partial charge in [-0.2, -0.15) is 0 Å². The first kappa shape index (κ1) is 74.6. The van der Waals surface area contributed by atoms with Crippen LogP contribution in [0, 0.1) is 0 Å². The fourth-order valence-electron chi connectivity index (χ4n) is 10.4. The molecular weight excluding hydrogens is 949 g/mol. The minimum Gasteiger partial charge on any atom is -0.462 e. The van der Waals surface area contributed by atoms with Gasteiger partial charge in [0.15, 0.2) is 6.10 Å². The highest BCUT2D eigenvalue weighted by Crippen LogP contribution is 2.18. The van der Waals surface area contributed by atoms with E-state index in [0.717, 1.165) is 77.0 Å². The Morgan fingerprint density at radius 1 is 0.260 bits per heavy atom. The first-order valence-electron chi connectivity index (χ1n) is 34.5. The quantitative estimate of drug-likeness (QED) is 0.0261. The summed E-state index contributed by atoms with van der Waals surface area (Å²) in [4.78, 5) is 38.4. The first-order chi connectivity index (χ1) is 38.0. The van der Waals surface area contributed by atoms with Crippen molar-refractivity contribution in [3.05, 3.63) is 36.5 Å². The fourth-order valence-corrected chi connectivity index (χ4v) is 10.4. The number of esters is 3. The zero-order chi connectivity index (χ0) is 55.7. The molecule has 1 atom stereocenters. The van der Waals surface area contributed by atoms with Crippen LogP contribution in [0.15, 0.2) is 36.5 Å². The zero-order valence-corrected chi connectivity index (χ0v) is 52.0. The van der Waals surface area contributed by atoms with E-state index in [1.807, 2.05) is 0 Å². The first-order valence-corrected chi connectivity index (χ1v) is 34.5. The minimum absolute atomic E-state index is 0.0741. The van der Waals surface area contributed by atoms with Crippen LogP contribution in [0.4, 0.5) is 0 Å². The molecule has 0 bridgehead atoms. The number of ether oxygens (including phenoxy) is 3.